The van der Waals surface area contributed by atoms with E-state index in [1.807, 2.05) is 0 Å². The Morgan fingerprint density at radius 2 is 1.69 bits per heavy atom. The Morgan fingerprint density at radius 3 is 2.33 bits per heavy atom. The molecule has 2 fully saturated rings. The average Bonchev–Trinajstić information content (AvgIpc) is 3.45. The number of carbonyl (C=O) groups is 3. The van der Waals surface area contributed by atoms with Gasteiger partial charge in [-0.2, -0.15) is 13.2 Å². The molecule has 228 valence electrons. The van der Waals surface area contributed by atoms with Gasteiger partial charge in [0.05, 0.1) is 22.8 Å². The van der Waals surface area contributed by atoms with Gasteiger partial charge in [-0.25, -0.2) is 13.2 Å². The summed E-state index contributed by atoms with van der Waals surface area (Å²) in [6, 6.07) is 11.2. The number of rotatable bonds is 7. The van der Waals surface area contributed by atoms with Gasteiger partial charge in [-0.3, -0.25) is 9.59 Å². The third-order valence-corrected chi connectivity index (χ3v) is 9.30. The fraction of sp³-hybridized carbons (Fsp3) is 0.483. The van der Waals surface area contributed by atoms with Crippen molar-refractivity contribution in [3.8, 4) is 0 Å². The number of hydrogen-bond donors (Lipinski definition) is 2. The number of sulfone groups is 1. The van der Waals surface area contributed by atoms with Crippen LogP contribution in [0.25, 0.3) is 0 Å². The number of nitrogens with one attached hydrogen (secondary N) is 2. The molecule has 0 radical (unpaired) electrons. The smallest absolute Gasteiger partial charge is 0.416 e. The molecule has 4 unspecified atom stereocenters. The number of carbonyl (C=O) groups excluding carboxylic acids is 3. The second-order valence-electron chi connectivity index (χ2n) is 11.7. The summed E-state index contributed by atoms with van der Waals surface area (Å²) in [6.07, 6.45) is -4.70. The van der Waals surface area contributed by atoms with Gasteiger partial charge in [0.2, 0.25) is 5.91 Å². The van der Waals surface area contributed by atoms with E-state index in [9.17, 15) is 36.0 Å². The summed E-state index contributed by atoms with van der Waals surface area (Å²) < 4.78 is 71.2. The van der Waals surface area contributed by atoms with Gasteiger partial charge in [-0.05, 0) is 75.3 Å². The van der Waals surface area contributed by atoms with Crippen LogP contribution in [-0.2, 0) is 25.5 Å². The molecule has 1 aliphatic carbocycles. The number of likely N-dealkylation sites (tertiary alicyclic amines) is 1. The Kier molecular flexibility index (Phi) is 8.91. The minimum Gasteiger partial charge on any atom is -0.444 e. The molecular weight excluding hydrogens is 575 g/mol. The van der Waals surface area contributed by atoms with Crippen molar-refractivity contribution in [2.75, 3.05) is 25.4 Å². The fourth-order valence-electron chi connectivity index (χ4n) is 5.65. The van der Waals surface area contributed by atoms with Crippen LogP contribution in [0.4, 0.5) is 18.0 Å². The number of halogens is 3. The maximum absolute atomic E-state index is 13.3. The van der Waals surface area contributed by atoms with Gasteiger partial charge in [0, 0.05) is 24.7 Å². The number of benzene rings is 2. The van der Waals surface area contributed by atoms with Gasteiger partial charge >= 0.3 is 12.3 Å². The molecule has 0 bridgehead atoms. The number of alkyl halides is 3. The summed E-state index contributed by atoms with van der Waals surface area (Å²) in [4.78, 5) is 39.7. The van der Waals surface area contributed by atoms with Crippen molar-refractivity contribution in [2.45, 2.75) is 49.9 Å². The highest BCUT2D eigenvalue weighted by atomic mass is 32.2. The molecule has 42 heavy (non-hydrogen) atoms. The van der Waals surface area contributed by atoms with Crippen LogP contribution in [-0.4, -0.2) is 68.3 Å². The van der Waals surface area contributed by atoms with Gasteiger partial charge in [-0.15, -0.1) is 0 Å². The normalized spacial score (nSPS) is 22.4. The first-order chi connectivity index (χ1) is 19.5. The highest BCUT2D eigenvalue weighted by molar-refractivity contribution is 7.91. The summed E-state index contributed by atoms with van der Waals surface area (Å²) in [5.41, 5.74) is -1.93. The summed E-state index contributed by atoms with van der Waals surface area (Å²) in [5.74, 6) is -2.56. The Balaban J connectivity index is 1.45. The van der Waals surface area contributed by atoms with E-state index < -0.39 is 63.6 Å². The summed E-state index contributed by atoms with van der Waals surface area (Å²) >= 11 is 0. The van der Waals surface area contributed by atoms with Crippen LogP contribution in [0.5, 0.6) is 0 Å². The number of hydrogen-bond acceptors (Lipinski definition) is 6. The lowest BCUT2D eigenvalue weighted by molar-refractivity contribution is -0.137. The molecule has 1 heterocycles. The zero-order valence-electron chi connectivity index (χ0n) is 23.5. The molecule has 4 rings (SSSR count). The van der Waals surface area contributed by atoms with E-state index in [0.29, 0.717) is 19.0 Å². The molecule has 0 spiro atoms. The van der Waals surface area contributed by atoms with Crippen LogP contribution < -0.4 is 10.6 Å². The SMILES string of the molecule is CC(C)(C)OC(=O)N1CC2CC(NC(=O)CNC(=O)c3cccc(C(F)(F)F)c3)C(CS(=O)(=O)c3ccccc3)C2C1. The van der Waals surface area contributed by atoms with Crippen LogP contribution in [0.1, 0.15) is 43.1 Å². The molecule has 2 aliphatic rings. The predicted octanol–water partition coefficient (Wildman–Crippen LogP) is 3.90. The zero-order chi connectivity index (χ0) is 30.9. The van der Waals surface area contributed by atoms with Crippen molar-refractivity contribution in [1.29, 1.82) is 0 Å². The van der Waals surface area contributed by atoms with Gasteiger partial charge in [0.25, 0.3) is 5.91 Å². The quantitative estimate of drug-likeness (QED) is 0.491. The van der Waals surface area contributed by atoms with E-state index in [4.69, 9.17) is 4.74 Å². The second-order valence-corrected chi connectivity index (χ2v) is 13.8. The molecule has 1 saturated carbocycles. The van der Waals surface area contributed by atoms with E-state index in [0.717, 1.165) is 12.1 Å². The van der Waals surface area contributed by atoms with Crippen LogP contribution in [0, 0.1) is 17.8 Å². The van der Waals surface area contributed by atoms with Crippen LogP contribution in [0.3, 0.4) is 0 Å². The Labute approximate surface area is 242 Å². The fourth-order valence-corrected chi connectivity index (χ4v) is 7.40. The molecular formula is C29H34F3N3O6S. The van der Waals surface area contributed by atoms with E-state index in [2.05, 4.69) is 10.6 Å². The Hall–Kier alpha value is -3.61. The van der Waals surface area contributed by atoms with Crippen LogP contribution in [0.2, 0.25) is 0 Å². The van der Waals surface area contributed by atoms with Crippen molar-refractivity contribution in [3.63, 3.8) is 0 Å². The molecule has 2 N–H and O–H groups in total. The first kappa shape index (κ1) is 31.3. The third kappa shape index (κ3) is 7.61. The number of amides is 3. The van der Waals surface area contributed by atoms with Gasteiger partial charge in [0.15, 0.2) is 9.84 Å². The predicted molar refractivity (Wildman–Crippen MR) is 147 cm³/mol. The third-order valence-electron chi connectivity index (χ3n) is 7.49. The molecule has 2 aromatic rings. The maximum Gasteiger partial charge on any atom is 0.416 e. The minimum absolute atomic E-state index is 0.0847. The van der Waals surface area contributed by atoms with E-state index in [1.54, 1.807) is 43.9 Å². The number of fused-ring (bicyclic) bond motifs is 1. The van der Waals surface area contributed by atoms with Gasteiger partial charge < -0.3 is 20.3 Å². The van der Waals surface area contributed by atoms with E-state index >= 15 is 0 Å². The molecule has 13 heteroatoms. The van der Waals surface area contributed by atoms with Gasteiger partial charge in [0.1, 0.15) is 5.60 Å². The molecule has 2 aromatic carbocycles. The van der Waals surface area contributed by atoms with Crippen molar-refractivity contribution in [2.24, 2.45) is 17.8 Å². The first-order valence-corrected chi connectivity index (χ1v) is 15.2. The second kappa shape index (κ2) is 11.9. The van der Waals surface area contributed by atoms with Crippen molar-refractivity contribution < 1.29 is 40.7 Å². The minimum atomic E-state index is -4.62. The Morgan fingerprint density at radius 1 is 1.00 bits per heavy atom. The zero-order valence-corrected chi connectivity index (χ0v) is 24.3. The van der Waals surface area contributed by atoms with Crippen LogP contribution in [0.15, 0.2) is 59.5 Å². The topological polar surface area (TPSA) is 122 Å². The highest BCUT2D eigenvalue weighted by Gasteiger charge is 2.51. The van der Waals surface area contributed by atoms with Crippen molar-refractivity contribution >= 4 is 27.7 Å². The lowest BCUT2D eigenvalue weighted by Gasteiger charge is -2.28. The lowest BCUT2D eigenvalue weighted by Crippen LogP contribution is -2.46. The van der Waals surface area contributed by atoms with E-state index in [-0.39, 0.29) is 34.6 Å². The van der Waals surface area contributed by atoms with Crippen LogP contribution >= 0.6 is 0 Å². The number of ether oxygens (including phenoxy) is 1. The highest BCUT2D eigenvalue weighted by Crippen LogP contribution is 2.44. The largest absolute Gasteiger partial charge is 0.444 e. The first-order valence-electron chi connectivity index (χ1n) is 13.5. The molecule has 3 amide bonds. The summed E-state index contributed by atoms with van der Waals surface area (Å²) in [6.45, 7) is 5.38. The maximum atomic E-state index is 13.3. The summed E-state index contributed by atoms with van der Waals surface area (Å²) in [7, 11) is -3.74. The average molecular weight is 610 g/mol. The summed E-state index contributed by atoms with van der Waals surface area (Å²) in [5, 5.41) is 5.15. The standard InChI is InChI=1S/C29H34F3N3O6S/c1-28(2,3)41-27(38)35-15-19-13-24(23(22(19)16-35)17-42(39,40)21-10-5-4-6-11-21)34-25(36)14-33-26(37)18-8-7-9-20(12-18)29(30,31)32/h4-12,19,22-24H,13-17H2,1-3H3,(H,33,37)(H,34,36). The van der Waals surface area contributed by atoms with Gasteiger partial charge in [-0.1, -0.05) is 24.3 Å². The van der Waals surface area contributed by atoms with Crippen molar-refractivity contribution in [3.05, 3.63) is 65.7 Å². The van der Waals surface area contributed by atoms with Crippen molar-refractivity contribution in [1.82, 2.24) is 15.5 Å². The monoisotopic (exact) mass is 609 g/mol. The lowest BCUT2D eigenvalue weighted by atomic mass is 9.93. The molecule has 9 nitrogen and oxygen atoms in total. The van der Waals surface area contributed by atoms with E-state index in [1.165, 1.54) is 18.2 Å². The Bertz CT molecular complexity index is 1430. The molecule has 0 aromatic heterocycles. The number of nitrogens with zero attached hydrogens (tertiary/aromatic N) is 1. The molecule has 1 saturated heterocycles. The molecule has 4 atom stereocenters. The molecule has 1 aliphatic heterocycles.